The lowest BCUT2D eigenvalue weighted by Crippen LogP contribution is -2.46. The van der Waals surface area contributed by atoms with Crippen LogP contribution >= 0.6 is 24.0 Å². The maximum atomic E-state index is 12.7. The van der Waals surface area contributed by atoms with Gasteiger partial charge in [-0.3, -0.25) is 9.79 Å². The average molecular weight is 503 g/mol. The van der Waals surface area contributed by atoms with Crippen LogP contribution in [0, 0.1) is 19.8 Å². The molecule has 1 aliphatic heterocycles. The van der Waals surface area contributed by atoms with Crippen molar-refractivity contribution < 1.29 is 9.32 Å². The fourth-order valence-corrected chi connectivity index (χ4v) is 4.24. The van der Waals surface area contributed by atoms with E-state index in [0.29, 0.717) is 5.91 Å². The molecule has 1 aliphatic carbocycles. The van der Waals surface area contributed by atoms with Gasteiger partial charge in [0.15, 0.2) is 5.96 Å². The van der Waals surface area contributed by atoms with Gasteiger partial charge in [0.25, 0.3) is 0 Å². The molecule has 2 N–H and O–H groups in total. The number of rotatable bonds is 5. The van der Waals surface area contributed by atoms with Crippen LogP contribution in [0.25, 0.3) is 0 Å². The molecule has 2 aliphatic rings. The summed E-state index contributed by atoms with van der Waals surface area (Å²) in [6, 6.07) is 0.266. The third-order valence-corrected chi connectivity index (χ3v) is 5.87. The van der Waals surface area contributed by atoms with Gasteiger partial charge in [-0.2, -0.15) is 0 Å². The molecule has 3 rings (SSSR count). The van der Waals surface area contributed by atoms with E-state index in [2.05, 4.69) is 20.8 Å². The molecule has 2 heterocycles. The average Bonchev–Trinajstić information content (AvgIpc) is 3.28. The second kappa shape index (κ2) is 11.0. The van der Waals surface area contributed by atoms with Crippen LogP contribution in [0.3, 0.4) is 0 Å². The molecule has 7 nitrogen and oxygen atoms in total. The zero-order valence-corrected chi connectivity index (χ0v) is 19.6. The molecular formula is C20H34IN5O2. The van der Waals surface area contributed by atoms with Gasteiger partial charge in [-0.05, 0) is 39.5 Å². The van der Waals surface area contributed by atoms with Crippen LogP contribution in [0.1, 0.15) is 55.5 Å². The van der Waals surface area contributed by atoms with Crippen molar-refractivity contribution in [2.75, 3.05) is 26.7 Å². The van der Waals surface area contributed by atoms with Crippen molar-refractivity contribution in [3.63, 3.8) is 0 Å². The van der Waals surface area contributed by atoms with E-state index in [-0.39, 0.29) is 35.9 Å². The first-order chi connectivity index (χ1) is 13.1. The molecule has 0 aromatic carbocycles. The molecule has 1 aromatic heterocycles. The highest BCUT2D eigenvalue weighted by Crippen LogP contribution is 2.26. The van der Waals surface area contributed by atoms with E-state index in [9.17, 15) is 4.79 Å². The lowest BCUT2D eigenvalue weighted by atomic mass is 9.88. The van der Waals surface area contributed by atoms with Crippen LogP contribution in [0.5, 0.6) is 0 Å². The van der Waals surface area contributed by atoms with E-state index >= 15 is 0 Å². The summed E-state index contributed by atoms with van der Waals surface area (Å²) in [7, 11) is 1.78. The van der Waals surface area contributed by atoms with Gasteiger partial charge in [0, 0.05) is 44.2 Å². The van der Waals surface area contributed by atoms with Gasteiger partial charge in [0.1, 0.15) is 5.76 Å². The Bertz CT molecular complexity index is 650. The Kier molecular flexibility index (Phi) is 9.04. The molecule has 158 valence electrons. The maximum absolute atomic E-state index is 12.7. The summed E-state index contributed by atoms with van der Waals surface area (Å²) in [6.45, 7) is 6.30. The highest BCUT2D eigenvalue weighted by molar-refractivity contribution is 14.0. The van der Waals surface area contributed by atoms with Crippen LogP contribution in [0.2, 0.25) is 0 Å². The van der Waals surface area contributed by atoms with Gasteiger partial charge in [0.2, 0.25) is 5.91 Å². The summed E-state index contributed by atoms with van der Waals surface area (Å²) in [5.41, 5.74) is 2.10. The zero-order chi connectivity index (χ0) is 19.2. The van der Waals surface area contributed by atoms with Crippen molar-refractivity contribution in [1.29, 1.82) is 0 Å². The van der Waals surface area contributed by atoms with Crippen molar-refractivity contribution in [3.05, 3.63) is 17.0 Å². The third-order valence-electron chi connectivity index (χ3n) is 5.87. The number of hydrogen-bond donors (Lipinski definition) is 2. The largest absolute Gasteiger partial charge is 0.361 e. The number of amides is 1. The molecular weight excluding hydrogens is 469 g/mol. The Morgan fingerprint density at radius 2 is 2.00 bits per heavy atom. The SMILES string of the molecule is CN=C(NCCc1c(C)noc1C)NC1CCN(C(=O)C2CCCCC2)C1.I. The van der Waals surface area contributed by atoms with E-state index in [0.717, 1.165) is 68.3 Å². The van der Waals surface area contributed by atoms with Crippen LogP contribution < -0.4 is 10.6 Å². The van der Waals surface area contributed by atoms with Crippen molar-refractivity contribution in [2.45, 2.75) is 64.8 Å². The summed E-state index contributed by atoms with van der Waals surface area (Å²) in [6.07, 6.45) is 7.64. The van der Waals surface area contributed by atoms with Crippen molar-refractivity contribution in [2.24, 2.45) is 10.9 Å². The molecule has 2 fully saturated rings. The summed E-state index contributed by atoms with van der Waals surface area (Å²) >= 11 is 0. The van der Waals surface area contributed by atoms with Crippen LogP contribution in [0.4, 0.5) is 0 Å². The van der Waals surface area contributed by atoms with Gasteiger partial charge in [0.05, 0.1) is 5.69 Å². The van der Waals surface area contributed by atoms with Crippen molar-refractivity contribution >= 4 is 35.8 Å². The molecule has 0 bridgehead atoms. The van der Waals surface area contributed by atoms with E-state index in [1.807, 2.05) is 18.7 Å². The van der Waals surface area contributed by atoms with Gasteiger partial charge < -0.3 is 20.1 Å². The fraction of sp³-hybridized carbons (Fsp3) is 0.750. The van der Waals surface area contributed by atoms with E-state index < -0.39 is 0 Å². The summed E-state index contributed by atoms with van der Waals surface area (Å²) in [5, 5.41) is 10.8. The Labute approximate surface area is 185 Å². The lowest BCUT2D eigenvalue weighted by molar-refractivity contribution is -0.135. The molecule has 28 heavy (non-hydrogen) atoms. The standard InChI is InChI=1S/C20H33N5O2.HI/c1-14-18(15(2)27-24-14)9-11-22-20(21-3)23-17-10-12-25(13-17)19(26)16-7-5-4-6-8-16;/h16-17H,4-13H2,1-3H3,(H2,21,22,23);1H. The lowest BCUT2D eigenvalue weighted by Gasteiger charge is -2.26. The Morgan fingerprint density at radius 3 is 2.64 bits per heavy atom. The molecule has 0 radical (unpaired) electrons. The predicted molar refractivity (Wildman–Crippen MR) is 121 cm³/mol. The minimum atomic E-state index is 0. The third kappa shape index (κ3) is 5.84. The number of likely N-dealkylation sites (tertiary alicyclic amines) is 1. The molecule has 1 unspecified atom stereocenters. The maximum Gasteiger partial charge on any atom is 0.225 e. The van der Waals surface area contributed by atoms with Crippen molar-refractivity contribution in [1.82, 2.24) is 20.7 Å². The van der Waals surface area contributed by atoms with Gasteiger partial charge in [-0.15, -0.1) is 24.0 Å². The number of carbonyl (C=O) groups excluding carboxylic acids is 1. The molecule has 1 aromatic rings. The smallest absolute Gasteiger partial charge is 0.225 e. The first-order valence-electron chi connectivity index (χ1n) is 10.3. The second-order valence-corrected chi connectivity index (χ2v) is 7.80. The highest BCUT2D eigenvalue weighted by atomic mass is 127. The first-order valence-corrected chi connectivity index (χ1v) is 10.3. The predicted octanol–water partition coefficient (Wildman–Crippen LogP) is 2.80. The minimum absolute atomic E-state index is 0. The number of carbonyl (C=O) groups is 1. The Balaban J connectivity index is 0.00000280. The minimum Gasteiger partial charge on any atom is -0.361 e. The van der Waals surface area contributed by atoms with Crippen LogP contribution in [-0.4, -0.2) is 54.6 Å². The number of nitrogens with zero attached hydrogens (tertiary/aromatic N) is 3. The molecule has 0 spiro atoms. The summed E-state index contributed by atoms with van der Waals surface area (Å²) in [4.78, 5) is 19.1. The number of aryl methyl sites for hydroxylation is 2. The number of aromatic nitrogens is 1. The number of aliphatic imine (C=N–C) groups is 1. The molecule has 1 saturated carbocycles. The highest BCUT2D eigenvalue weighted by Gasteiger charge is 2.31. The van der Waals surface area contributed by atoms with E-state index in [4.69, 9.17) is 4.52 Å². The van der Waals surface area contributed by atoms with Crippen LogP contribution in [0.15, 0.2) is 9.52 Å². The number of guanidine groups is 1. The van der Waals surface area contributed by atoms with Gasteiger partial charge >= 0.3 is 0 Å². The second-order valence-electron chi connectivity index (χ2n) is 7.80. The van der Waals surface area contributed by atoms with Crippen LogP contribution in [-0.2, 0) is 11.2 Å². The van der Waals surface area contributed by atoms with Gasteiger partial charge in [-0.1, -0.05) is 24.4 Å². The topological polar surface area (TPSA) is 82.8 Å². The first kappa shape index (κ1) is 23.0. The summed E-state index contributed by atoms with van der Waals surface area (Å²) < 4.78 is 5.21. The van der Waals surface area contributed by atoms with E-state index in [1.54, 1.807) is 7.05 Å². The zero-order valence-electron chi connectivity index (χ0n) is 17.3. The normalized spacial score (nSPS) is 20.8. The Hall–Kier alpha value is -1.32. The van der Waals surface area contributed by atoms with E-state index in [1.165, 1.54) is 19.3 Å². The molecule has 1 saturated heterocycles. The number of halogens is 1. The quantitative estimate of drug-likeness (QED) is 0.367. The Morgan fingerprint density at radius 1 is 1.25 bits per heavy atom. The number of nitrogens with one attached hydrogen (secondary N) is 2. The van der Waals surface area contributed by atoms with Gasteiger partial charge in [-0.25, -0.2) is 0 Å². The number of hydrogen-bond acceptors (Lipinski definition) is 4. The fourth-order valence-electron chi connectivity index (χ4n) is 4.24. The monoisotopic (exact) mass is 503 g/mol. The summed E-state index contributed by atoms with van der Waals surface area (Å²) in [5.74, 6) is 2.29. The molecule has 8 heteroatoms. The molecule has 1 amide bonds. The van der Waals surface area contributed by atoms with Crippen molar-refractivity contribution in [3.8, 4) is 0 Å². The molecule has 1 atom stereocenters.